The van der Waals surface area contributed by atoms with Crippen molar-refractivity contribution in [2.75, 3.05) is 7.11 Å². The Morgan fingerprint density at radius 3 is 2.81 bits per heavy atom. The number of ether oxygens (including phenoxy) is 2. The number of carboxylic acids is 1. The molecule has 8 heteroatoms. The Bertz CT molecular complexity index is 940. The lowest BCUT2D eigenvalue weighted by molar-refractivity contribution is 0.0691. The first-order valence-corrected chi connectivity index (χ1v) is 8.68. The summed E-state index contributed by atoms with van der Waals surface area (Å²) in [7, 11) is 1.51. The fraction of sp³-hybridized carbons (Fsp3) is 0.111. The molecule has 5 nitrogen and oxygen atoms in total. The predicted molar refractivity (Wildman–Crippen MR) is 96.8 cm³/mol. The van der Waals surface area contributed by atoms with E-state index in [9.17, 15) is 9.18 Å². The number of halogens is 2. The molecule has 0 unspecified atom stereocenters. The molecule has 0 amide bonds. The molecule has 3 aromatic rings. The van der Waals surface area contributed by atoms with E-state index in [1.807, 2.05) is 0 Å². The lowest BCUT2D eigenvalue weighted by Crippen LogP contribution is -2.01. The van der Waals surface area contributed by atoms with Gasteiger partial charge in [-0.3, -0.25) is 0 Å². The molecule has 0 radical (unpaired) electrons. The Morgan fingerprint density at radius 1 is 1.35 bits per heavy atom. The van der Waals surface area contributed by atoms with Gasteiger partial charge in [0.25, 0.3) is 0 Å². The molecule has 0 aliphatic rings. The van der Waals surface area contributed by atoms with Gasteiger partial charge in [0.2, 0.25) is 0 Å². The molecule has 2 aromatic carbocycles. The maximum Gasteiger partial charge on any atom is 0.355 e. The maximum absolute atomic E-state index is 13.9. The highest BCUT2D eigenvalue weighted by molar-refractivity contribution is 7.13. The average molecular weight is 394 g/mol. The van der Waals surface area contributed by atoms with Crippen LogP contribution in [-0.2, 0) is 6.61 Å². The predicted octanol–water partition coefficient (Wildman–Crippen LogP) is 4.89. The van der Waals surface area contributed by atoms with Gasteiger partial charge in [0, 0.05) is 17.0 Å². The third kappa shape index (κ3) is 3.79. The van der Waals surface area contributed by atoms with Crippen LogP contribution in [0.5, 0.6) is 11.5 Å². The van der Waals surface area contributed by atoms with Crippen LogP contribution in [0, 0.1) is 5.82 Å². The monoisotopic (exact) mass is 393 g/mol. The van der Waals surface area contributed by atoms with Crippen LogP contribution in [0.3, 0.4) is 0 Å². The second-order valence-corrected chi connectivity index (χ2v) is 6.46. The van der Waals surface area contributed by atoms with Crippen LogP contribution >= 0.6 is 22.9 Å². The van der Waals surface area contributed by atoms with Gasteiger partial charge >= 0.3 is 5.97 Å². The normalized spacial score (nSPS) is 10.6. The van der Waals surface area contributed by atoms with Gasteiger partial charge in [-0.2, -0.15) is 0 Å². The molecule has 26 heavy (non-hydrogen) atoms. The first kappa shape index (κ1) is 18.2. The molecule has 134 valence electrons. The van der Waals surface area contributed by atoms with Crippen LogP contribution in [0.15, 0.2) is 41.8 Å². The summed E-state index contributed by atoms with van der Waals surface area (Å²) in [6.07, 6.45) is 0. The summed E-state index contributed by atoms with van der Waals surface area (Å²) in [5, 5.41) is 11.2. The summed E-state index contributed by atoms with van der Waals surface area (Å²) in [6, 6.07) is 9.45. The first-order valence-electron chi connectivity index (χ1n) is 7.42. The summed E-state index contributed by atoms with van der Waals surface area (Å²) >= 11 is 7.20. The number of benzene rings is 2. The van der Waals surface area contributed by atoms with Gasteiger partial charge in [-0.25, -0.2) is 14.2 Å². The highest BCUT2D eigenvalue weighted by Gasteiger charge is 2.16. The van der Waals surface area contributed by atoms with E-state index >= 15 is 0 Å². The van der Waals surface area contributed by atoms with Gasteiger partial charge in [-0.05, 0) is 24.3 Å². The summed E-state index contributed by atoms with van der Waals surface area (Å²) in [6.45, 7) is -0.0944. The van der Waals surface area contributed by atoms with E-state index in [4.69, 9.17) is 26.2 Å². The van der Waals surface area contributed by atoms with E-state index in [1.54, 1.807) is 24.3 Å². The van der Waals surface area contributed by atoms with E-state index in [0.717, 1.165) is 0 Å². The molecule has 0 saturated carbocycles. The molecule has 0 atom stereocenters. The van der Waals surface area contributed by atoms with Crippen molar-refractivity contribution in [2.45, 2.75) is 6.61 Å². The fourth-order valence-electron chi connectivity index (χ4n) is 2.24. The van der Waals surface area contributed by atoms with E-state index < -0.39 is 11.8 Å². The number of rotatable bonds is 6. The molecule has 0 saturated heterocycles. The summed E-state index contributed by atoms with van der Waals surface area (Å²) in [5.41, 5.74) is 0.757. The topological polar surface area (TPSA) is 68.7 Å². The maximum atomic E-state index is 13.9. The van der Waals surface area contributed by atoms with Crippen LogP contribution in [0.25, 0.3) is 10.6 Å². The van der Waals surface area contributed by atoms with E-state index in [1.165, 1.54) is 36.0 Å². The molecule has 1 heterocycles. The Morgan fingerprint density at radius 2 is 2.15 bits per heavy atom. The average Bonchev–Trinajstić information content (AvgIpc) is 3.11. The summed E-state index contributed by atoms with van der Waals surface area (Å²) in [4.78, 5) is 15.1. The largest absolute Gasteiger partial charge is 0.497 e. The van der Waals surface area contributed by atoms with Gasteiger partial charge in [-0.15, -0.1) is 11.3 Å². The minimum Gasteiger partial charge on any atom is -0.497 e. The van der Waals surface area contributed by atoms with Crippen molar-refractivity contribution in [3.63, 3.8) is 0 Å². The number of carbonyl (C=O) groups is 1. The minimum atomic E-state index is -1.11. The van der Waals surface area contributed by atoms with Crippen molar-refractivity contribution >= 4 is 28.9 Å². The lowest BCUT2D eigenvalue weighted by atomic mass is 10.2. The van der Waals surface area contributed by atoms with Crippen LogP contribution < -0.4 is 9.47 Å². The Balaban J connectivity index is 1.95. The van der Waals surface area contributed by atoms with Crippen molar-refractivity contribution in [3.05, 3.63) is 63.9 Å². The van der Waals surface area contributed by atoms with Gasteiger partial charge in [0.1, 0.15) is 28.9 Å². The zero-order valence-corrected chi connectivity index (χ0v) is 15.1. The Labute approximate surface area is 157 Å². The molecular formula is C18H13ClFNO4S. The van der Waals surface area contributed by atoms with E-state index in [-0.39, 0.29) is 22.9 Å². The quantitative estimate of drug-likeness (QED) is 0.645. The van der Waals surface area contributed by atoms with Crippen molar-refractivity contribution in [3.8, 4) is 22.1 Å². The van der Waals surface area contributed by atoms with Crippen LogP contribution in [0.1, 0.15) is 16.1 Å². The third-order valence-corrected chi connectivity index (χ3v) is 4.81. The summed E-state index contributed by atoms with van der Waals surface area (Å²) < 4.78 is 24.9. The second-order valence-electron chi connectivity index (χ2n) is 5.19. The molecule has 1 N–H and O–H groups in total. The molecule has 0 aliphatic carbocycles. The van der Waals surface area contributed by atoms with Crippen molar-refractivity contribution in [1.29, 1.82) is 0 Å². The molecule has 0 aliphatic heterocycles. The second kappa shape index (κ2) is 7.72. The van der Waals surface area contributed by atoms with Crippen LogP contribution in [0.4, 0.5) is 4.39 Å². The number of carboxylic acid groups (broad SMARTS) is 1. The smallest absolute Gasteiger partial charge is 0.355 e. The summed E-state index contributed by atoms with van der Waals surface area (Å²) in [5.74, 6) is -0.653. The zero-order valence-electron chi connectivity index (χ0n) is 13.5. The van der Waals surface area contributed by atoms with Crippen molar-refractivity contribution < 1.29 is 23.8 Å². The van der Waals surface area contributed by atoms with Crippen molar-refractivity contribution in [2.24, 2.45) is 0 Å². The van der Waals surface area contributed by atoms with Gasteiger partial charge in [0.05, 0.1) is 17.7 Å². The number of hydrogen-bond donors (Lipinski definition) is 1. The highest BCUT2D eigenvalue weighted by atomic mass is 35.5. The molecule has 1 aromatic heterocycles. The Hall–Kier alpha value is -2.64. The number of nitrogens with zero attached hydrogens (tertiary/aromatic N) is 1. The number of methoxy groups -OCH3 is 1. The highest BCUT2D eigenvalue weighted by Crippen LogP contribution is 2.36. The molecule has 0 spiro atoms. The fourth-order valence-corrected chi connectivity index (χ4v) is 3.28. The van der Waals surface area contributed by atoms with Crippen LogP contribution in [-0.4, -0.2) is 23.2 Å². The van der Waals surface area contributed by atoms with Gasteiger partial charge in [0.15, 0.2) is 5.69 Å². The first-order chi connectivity index (χ1) is 12.5. The number of aromatic carboxylic acids is 1. The van der Waals surface area contributed by atoms with Crippen molar-refractivity contribution in [1.82, 2.24) is 4.98 Å². The number of thiazole rings is 1. The third-order valence-electron chi connectivity index (χ3n) is 3.58. The van der Waals surface area contributed by atoms with Gasteiger partial charge < -0.3 is 14.6 Å². The Kier molecular flexibility index (Phi) is 5.39. The number of hydrogen-bond acceptors (Lipinski definition) is 5. The SMILES string of the molecule is COc1ccc(-c2nc(C(=O)O)cs2)c(OCc2c(F)cccc2Cl)c1. The minimum absolute atomic E-state index is 0.0519. The van der Waals surface area contributed by atoms with E-state index in [0.29, 0.717) is 22.1 Å². The molecule has 0 fully saturated rings. The molecule has 0 bridgehead atoms. The number of aromatic nitrogens is 1. The molecular weight excluding hydrogens is 381 g/mol. The standard InChI is InChI=1S/C18H13ClFNO4S/c1-24-10-5-6-11(17-21-15(9-26-17)18(22)23)16(7-10)25-8-12-13(19)3-2-4-14(12)20/h2-7,9H,8H2,1H3,(H,22,23). The van der Waals surface area contributed by atoms with E-state index in [2.05, 4.69) is 4.98 Å². The van der Waals surface area contributed by atoms with Crippen LogP contribution in [0.2, 0.25) is 5.02 Å². The lowest BCUT2D eigenvalue weighted by Gasteiger charge is -2.13. The zero-order chi connectivity index (χ0) is 18.7. The van der Waals surface area contributed by atoms with Gasteiger partial charge in [-0.1, -0.05) is 17.7 Å². The molecule has 3 rings (SSSR count).